The molecule has 6 heteroatoms. The summed E-state index contributed by atoms with van der Waals surface area (Å²) in [7, 11) is 1.35. The van der Waals surface area contributed by atoms with E-state index in [1.807, 2.05) is 0 Å². The first-order valence-corrected chi connectivity index (χ1v) is 8.87. The highest BCUT2D eigenvalue weighted by Crippen LogP contribution is 2.27. The number of amides is 2. The fraction of sp³-hybridized carbons (Fsp3) is 0.571. The van der Waals surface area contributed by atoms with Gasteiger partial charge in [-0.05, 0) is 30.4 Å². The van der Waals surface area contributed by atoms with E-state index >= 15 is 0 Å². The normalized spacial score (nSPS) is 29.1. The predicted octanol–water partition coefficient (Wildman–Crippen LogP) is 1.86. The predicted molar refractivity (Wildman–Crippen MR) is 103 cm³/mol. The Kier molecular flexibility index (Phi) is 4.45. The van der Waals surface area contributed by atoms with Gasteiger partial charge in [-0.3, -0.25) is 14.4 Å². The Morgan fingerprint density at radius 2 is 2.04 bits per heavy atom. The molecule has 148 valence electrons. The summed E-state index contributed by atoms with van der Waals surface area (Å²) in [5.74, 6) is -4.08. The van der Waals surface area contributed by atoms with Crippen LogP contribution in [0.3, 0.4) is 0 Å². The van der Waals surface area contributed by atoms with Gasteiger partial charge in [0.2, 0.25) is 11.8 Å². The second kappa shape index (κ2) is 8.65. The number of fused-ring (bicyclic) bond motifs is 1. The molecule has 1 heterocycles. The number of carbonyl (C=O) groups excluding carboxylic acids is 3. The maximum absolute atomic E-state index is 13.2. The Morgan fingerprint density at radius 3 is 2.67 bits per heavy atom. The lowest BCUT2D eigenvalue weighted by molar-refractivity contribution is -0.138. The minimum atomic E-state index is -2.37. The molecule has 1 unspecified atom stereocenters. The largest absolute Gasteiger partial charge is 0.385 e. The van der Waals surface area contributed by atoms with Gasteiger partial charge in [0.25, 0.3) is 0 Å². The number of hydrogen-bond donors (Lipinski definition) is 2. The van der Waals surface area contributed by atoms with Crippen LogP contribution in [-0.4, -0.2) is 46.7 Å². The summed E-state index contributed by atoms with van der Waals surface area (Å²) in [6.07, 6.45) is -3.01. The zero-order chi connectivity index (χ0) is 25.6. The molecule has 4 atom stereocenters. The molecule has 0 radical (unpaired) electrons. The van der Waals surface area contributed by atoms with Gasteiger partial charge < -0.3 is 15.3 Å². The summed E-state index contributed by atoms with van der Waals surface area (Å²) in [5, 5.41) is 12.5. The third-order valence-electron chi connectivity index (χ3n) is 4.73. The molecule has 0 saturated heterocycles. The molecule has 1 aliphatic rings. The lowest BCUT2D eigenvalue weighted by Crippen LogP contribution is -2.44. The van der Waals surface area contributed by atoms with Gasteiger partial charge in [-0.15, -0.1) is 0 Å². The molecule has 1 aliphatic heterocycles. The van der Waals surface area contributed by atoms with Crippen molar-refractivity contribution in [3.8, 4) is 0 Å². The van der Waals surface area contributed by atoms with E-state index in [1.165, 1.54) is 34.7 Å². The van der Waals surface area contributed by atoms with Crippen LogP contribution in [-0.2, 0) is 20.8 Å². The second-order valence-corrected chi connectivity index (χ2v) is 7.21. The van der Waals surface area contributed by atoms with Crippen molar-refractivity contribution in [1.82, 2.24) is 10.2 Å². The molecule has 2 N–H and O–H groups in total. The maximum atomic E-state index is 13.2. The first kappa shape index (κ1) is 13.9. The van der Waals surface area contributed by atoms with E-state index in [4.69, 9.17) is 8.22 Å². The number of rotatable bonds is 6. The molecule has 1 aromatic carbocycles. The molecule has 1 aromatic rings. The molecule has 0 saturated carbocycles. The number of ketones is 1. The lowest BCUT2D eigenvalue weighted by atomic mass is 9.94. The van der Waals surface area contributed by atoms with Gasteiger partial charge in [0, 0.05) is 25.4 Å². The number of benzene rings is 1. The Bertz CT molecular complexity index is 996. The van der Waals surface area contributed by atoms with Crippen LogP contribution in [0.15, 0.2) is 24.2 Å². The number of likely N-dealkylation sites (N-methyl/N-ethyl adjacent to an activating group) is 1. The first-order chi connectivity index (χ1) is 14.9. The smallest absolute Gasteiger partial charge is 0.249 e. The van der Waals surface area contributed by atoms with Crippen LogP contribution in [0.5, 0.6) is 0 Å². The number of nitrogens with one attached hydrogen (secondary N) is 1. The highest BCUT2D eigenvalue weighted by Gasteiger charge is 2.34. The third-order valence-corrected chi connectivity index (χ3v) is 4.73. The fourth-order valence-corrected chi connectivity index (χ4v) is 2.83. The van der Waals surface area contributed by atoms with Gasteiger partial charge >= 0.3 is 0 Å². The van der Waals surface area contributed by atoms with E-state index < -0.39 is 72.1 Å². The van der Waals surface area contributed by atoms with E-state index in [9.17, 15) is 19.5 Å². The van der Waals surface area contributed by atoms with Crippen LogP contribution >= 0.6 is 0 Å². The summed E-state index contributed by atoms with van der Waals surface area (Å²) in [6.45, 7) is 5.82. The third kappa shape index (κ3) is 4.75. The summed E-state index contributed by atoms with van der Waals surface area (Å²) in [6, 6.07) is -4.97. The molecule has 0 spiro atoms. The van der Waals surface area contributed by atoms with Crippen molar-refractivity contribution < 1.29 is 27.7 Å². The molecule has 6 nitrogen and oxygen atoms in total. The van der Waals surface area contributed by atoms with Gasteiger partial charge in [0.05, 0.1) is 8.22 Å². The van der Waals surface area contributed by atoms with E-state index in [0.29, 0.717) is 0 Å². The topological polar surface area (TPSA) is 86.7 Å². The minimum absolute atomic E-state index is 0.0607. The number of nitrogens with zero attached hydrogens (tertiary/aromatic N) is 1. The van der Waals surface area contributed by atoms with Gasteiger partial charge in [0.15, 0.2) is 5.78 Å². The van der Waals surface area contributed by atoms with Crippen LogP contribution < -0.4 is 5.32 Å². The van der Waals surface area contributed by atoms with Crippen LogP contribution in [0.4, 0.5) is 0 Å². The maximum Gasteiger partial charge on any atom is 0.249 e. The van der Waals surface area contributed by atoms with Crippen LogP contribution in [0.25, 0.3) is 0 Å². The molecule has 0 bridgehead atoms. The standard InChI is InChI=1S/C21H30N2O4/c1-12(2)19(25)17(24)10-13(3)20(26)22-18-16-9-7-6-8-15(16)11-14(4)23(5)21(18)27/h6-9,12-14,18-19,25H,10-11H2,1-5H3,(H,22,26)/t13-,14?,18+,19+/m1/s1/i6D,7D,8D,9D,14D,19D. The van der Waals surface area contributed by atoms with Crippen molar-refractivity contribution in [2.75, 3.05) is 7.05 Å². The van der Waals surface area contributed by atoms with Gasteiger partial charge in [0.1, 0.15) is 12.1 Å². The molecule has 0 aromatic heterocycles. The van der Waals surface area contributed by atoms with Crippen molar-refractivity contribution in [1.29, 1.82) is 0 Å². The average Bonchev–Trinajstić information content (AvgIpc) is 2.79. The average molecular weight is 381 g/mol. The van der Waals surface area contributed by atoms with E-state index in [2.05, 4.69) is 5.32 Å². The van der Waals surface area contributed by atoms with Crippen molar-refractivity contribution in [2.45, 2.75) is 58.7 Å². The van der Waals surface area contributed by atoms with Crippen molar-refractivity contribution in [3.63, 3.8) is 0 Å². The van der Waals surface area contributed by atoms with E-state index in [0.717, 1.165) is 4.90 Å². The summed E-state index contributed by atoms with van der Waals surface area (Å²) < 4.78 is 48.9. The van der Waals surface area contributed by atoms with Gasteiger partial charge in [-0.2, -0.15) is 0 Å². The lowest BCUT2D eigenvalue weighted by Gasteiger charge is -2.26. The van der Waals surface area contributed by atoms with E-state index in [1.54, 1.807) is 0 Å². The second-order valence-electron chi connectivity index (χ2n) is 7.21. The Labute approximate surface area is 169 Å². The molecule has 0 fully saturated rings. The Morgan fingerprint density at radius 1 is 1.41 bits per heavy atom. The van der Waals surface area contributed by atoms with Crippen molar-refractivity contribution in [3.05, 3.63) is 35.3 Å². The Balaban J connectivity index is 2.49. The van der Waals surface area contributed by atoms with Crippen LogP contribution in [0.2, 0.25) is 0 Å². The number of carbonyl (C=O) groups is 3. The van der Waals surface area contributed by atoms with Crippen molar-refractivity contribution >= 4 is 17.6 Å². The zero-order valence-electron chi connectivity index (χ0n) is 22.3. The molecule has 2 rings (SSSR count). The molecule has 0 aliphatic carbocycles. The number of hydrogen-bond acceptors (Lipinski definition) is 4. The summed E-state index contributed by atoms with van der Waals surface area (Å²) in [4.78, 5) is 39.5. The highest BCUT2D eigenvalue weighted by atomic mass is 16.3. The minimum Gasteiger partial charge on any atom is -0.385 e. The molecule has 27 heavy (non-hydrogen) atoms. The monoisotopic (exact) mass is 380 g/mol. The zero-order valence-corrected chi connectivity index (χ0v) is 16.3. The SMILES string of the molecule is [2H]c1c([2H])c([2H])c2c(c1[2H])CC([2H])(C)N(C)C(=O)[C@H]2NC(=O)[C@H](C)CC(=O)[C@@]([2H])(O)C(C)C. The van der Waals surface area contributed by atoms with Crippen LogP contribution in [0, 0.1) is 11.8 Å². The molecular formula is C21H30N2O4. The van der Waals surface area contributed by atoms with Crippen LogP contribution in [0.1, 0.15) is 59.5 Å². The van der Waals surface area contributed by atoms with Gasteiger partial charge in [-0.1, -0.05) is 44.9 Å². The quantitative estimate of drug-likeness (QED) is 0.789. The Hall–Kier alpha value is -2.21. The first-order valence-electron chi connectivity index (χ1n) is 11.9. The van der Waals surface area contributed by atoms with Crippen molar-refractivity contribution in [2.24, 2.45) is 11.8 Å². The molecule has 2 amide bonds. The van der Waals surface area contributed by atoms with E-state index in [-0.39, 0.29) is 23.6 Å². The highest BCUT2D eigenvalue weighted by molar-refractivity contribution is 5.93. The number of Topliss-reactive ketones (excluding diaryl/α,β-unsaturated/α-hetero) is 1. The summed E-state index contributed by atoms with van der Waals surface area (Å²) >= 11 is 0. The summed E-state index contributed by atoms with van der Waals surface area (Å²) in [5.41, 5.74) is -0.0505. The fourth-order valence-electron chi connectivity index (χ4n) is 2.83. The number of aliphatic hydroxyl groups is 1. The molecular weight excluding hydrogens is 344 g/mol. The van der Waals surface area contributed by atoms with Gasteiger partial charge in [-0.25, -0.2) is 0 Å².